The maximum absolute atomic E-state index is 11.0. The van der Waals surface area contributed by atoms with Crippen LogP contribution in [0.25, 0.3) is 0 Å². The fraction of sp³-hybridized carbons (Fsp3) is 1.00. The summed E-state index contributed by atoms with van der Waals surface area (Å²) in [7, 11) is 0. The minimum atomic E-state index is -1.00. The Hall–Kier alpha value is -0.640. The Labute approximate surface area is 89.8 Å². The van der Waals surface area contributed by atoms with Gasteiger partial charge in [0.05, 0.1) is 0 Å². The molecule has 0 aromatic carbocycles. The van der Waals surface area contributed by atoms with Crippen LogP contribution in [0, 0.1) is 16.0 Å². The van der Waals surface area contributed by atoms with E-state index in [9.17, 15) is 15.2 Å². The van der Waals surface area contributed by atoms with Gasteiger partial charge in [0.1, 0.15) is 5.60 Å². The van der Waals surface area contributed by atoms with Gasteiger partial charge in [-0.15, -0.1) is 0 Å². The van der Waals surface area contributed by atoms with Gasteiger partial charge in [-0.25, -0.2) is 0 Å². The van der Waals surface area contributed by atoms with E-state index in [1.54, 1.807) is 0 Å². The fourth-order valence-corrected chi connectivity index (χ4v) is 3.35. The molecule has 2 fully saturated rings. The van der Waals surface area contributed by atoms with E-state index in [4.69, 9.17) is 0 Å². The van der Waals surface area contributed by atoms with E-state index in [0.717, 1.165) is 38.5 Å². The van der Waals surface area contributed by atoms with Crippen molar-refractivity contribution in [2.24, 2.45) is 5.92 Å². The van der Waals surface area contributed by atoms with Gasteiger partial charge in [-0.3, -0.25) is 10.1 Å². The van der Waals surface area contributed by atoms with Gasteiger partial charge in [0, 0.05) is 11.3 Å². The first kappa shape index (κ1) is 10.9. The molecule has 0 aromatic heterocycles. The topological polar surface area (TPSA) is 63.4 Å². The predicted octanol–water partition coefficient (Wildman–Crippen LogP) is 2.13. The molecule has 2 unspecified atom stereocenters. The van der Waals surface area contributed by atoms with Crippen molar-refractivity contribution in [2.45, 2.75) is 63.0 Å². The maximum Gasteiger partial charge on any atom is 0.241 e. The third kappa shape index (κ3) is 1.87. The average molecular weight is 213 g/mol. The Morgan fingerprint density at radius 1 is 1.13 bits per heavy atom. The summed E-state index contributed by atoms with van der Waals surface area (Å²) in [4.78, 5) is 10.7. The van der Waals surface area contributed by atoms with Gasteiger partial charge in [-0.05, 0) is 31.6 Å². The lowest BCUT2D eigenvalue weighted by Gasteiger charge is -2.38. The summed E-state index contributed by atoms with van der Waals surface area (Å²) >= 11 is 0. The van der Waals surface area contributed by atoms with Crippen molar-refractivity contribution in [3.8, 4) is 0 Å². The zero-order valence-electron chi connectivity index (χ0n) is 9.02. The molecule has 0 spiro atoms. The molecule has 0 aliphatic heterocycles. The van der Waals surface area contributed by atoms with E-state index in [1.807, 2.05) is 0 Å². The van der Waals surface area contributed by atoms with Crippen LogP contribution in [0.15, 0.2) is 0 Å². The second kappa shape index (κ2) is 4.08. The van der Waals surface area contributed by atoms with E-state index in [2.05, 4.69) is 0 Å². The molecule has 0 aromatic rings. The molecule has 0 bridgehead atoms. The van der Waals surface area contributed by atoms with Crippen molar-refractivity contribution < 1.29 is 10.0 Å². The van der Waals surface area contributed by atoms with E-state index in [-0.39, 0.29) is 10.8 Å². The molecule has 86 valence electrons. The molecule has 1 N–H and O–H groups in total. The van der Waals surface area contributed by atoms with Crippen molar-refractivity contribution in [1.82, 2.24) is 0 Å². The molecule has 2 saturated carbocycles. The molecule has 2 aliphatic rings. The second-order valence-corrected chi connectivity index (χ2v) is 5.02. The Morgan fingerprint density at radius 3 is 2.33 bits per heavy atom. The lowest BCUT2D eigenvalue weighted by Crippen LogP contribution is -2.53. The third-order valence-corrected chi connectivity index (χ3v) is 4.20. The first-order valence-electron chi connectivity index (χ1n) is 6.00. The van der Waals surface area contributed by atoms with E-state index in [0.29, 0.717) is 12.8 Å². The number of hydrogen-bond acceptors (Lipinski definition) is 3. The molecular formula is C11H19NO3. The number of hydrogen-bond donors (Lipinski definition) is 1. The lowest BCUT2D eigenvalue weighted by atomic mass is 9.71. The number of nitro groups is 1. The zero-order chi connectivity index (χ0) is 10.9. The normalized spacial score (nSPS) is 38.1. The van der Waals surface area contributed by atoms with Gasteiger partial charge >= 0.3 is 0 Å². The van der Waals surface area contributed by atoms with Crippen LogP contribution in [0.4, 0.5) is 0 Å². The molecular weight excluding hydrogens is 194 g/mol. The Bertz CT molecular complexity index is 250. The van der Waals surface area contributed by atoms with Crippen molar-refractivity contribution in [3.63, 3.8) is 0 Å². The van der Waals surface area contributed by atoms with E-state index in [1.165, 1.54) is 0 Å². The summed E-state index contributed by atoms with van der Waals surface area (Å²) < 4.78 is 0. The van der Waals surface area contributed by atoms with Crippen molar-refractivity contribution >= 4 is 0 Å². The first-order valence-corrected chi connectivity index (χ1v) is 6.00. The zero-order valence-corrected chi connectivity index (χ0v) is 9.02. The molecule has 0 amide bonds. The van der Waals surface area contributed by atoms with Crippen LogP contribution in [-0.2, 0) is 0 Å². The highest BCUT2D eigenvalue weighted by Gasteiger charge is 2.52. The summed E-state index contributed by atoms with van der Waals surface area (Å²) in [5.41, 5.74) is -1.00. The van der Waals surface area contributed by atoms with Gasteiger partial charge in [0.15, 0.2) is 0 Å². The molecule has 2 rings (SSSR count). The van der Waals surface area contributed by atoms with Gasteiger partial charge in [-0.1, -0.05) is 19.3 Å². The van der Waals surface area contributed by atoms with Crippen molar-refractivity contribution in [1.29, 1.82) is 0 Å². The van der Waals surface area contributed by atoms with Gasteiger partial charge < -0.3 is 5.11 Å². The molecule has 0 heterocycles. The van der Waals surface area contributed by atoms with Crippen LogP contribution >= 0.6 is 0 Å². The lowest BCUT2D eigenvalue weighted by molar-refractivity contribution is -0.553. The van der Waals surface area contributed by atoms with Gasteiger partial charge in [0.2, 0.25) is 6.04 Å². The standard InChI is InChI=1S/C11H19NO3/c13-11(9-5-1-2-6-9)8-4-3-7-10(11)12(14)15/h9-10,13H,1-8H2. The Morgan fingerprint density at radius 2 is 1.73 bits per heavy atom. The molecule has 2 aliphatic carbocycles. The molecule has 0 radical (unpaired) electrons. The van der Waals surface area contributed by atoms with Crippen molar-refractivity contribution in [3.05, 3.63) is 10.1 Å². The SMILES string of the molecule is O=[N+]([O-])C1CCCCC1(O)C1CCCC1. The quantitative estimate of drug-likeness (QED) is 0.564. The predicted molar refractivity (Wildman–Crippen MR) is 56.2 cm³/mol. The highest BCUT2D eigenvalue weighted by molar-refractivity contribution is 4.97. The highest BCUT2D eigenvalue weighted by Crippen LogP contribution is 2.43. The first-order chi connectivity index (χ1) is 7.14. The van der Waals surface area contributed by atoms with Crippen LogP contribution in [0.3, 0.4) is 0 Å². The van der Waals surface area contributed by atoms with E-state index < -0.39 is 11.6 Å². The number of nitrogens with zero attached hydrogens (tertiary/aromatic N) is 1. The monoisotopic (exact) mass is 213 g/mol. The van der Waals surface area contributed by atoms with Crippen LogP contribution in [0.2, 0.25) is 0 Å². The summed E-state index contributed by atoms with van der Waals surface area (Å²) in [6, 6.07) is -0.714. The third-order valence-electron chi connectivity index (χ3n) is 4.20. The Balaban J connectivity index is 2.16. The van der Waals surface area contributed by atoms with Crippen LogP contribution < -0.4 is 0 Å². The van der Waals surface area contributed by atoms with Crippen LogP contribution in [0.1, 0.15) is 51.4 Å². The fourth-order valence-electron chi connectivity index (χ4n) is 3.35. The molecule has 4 heteroatoms. The number of aliphatic hydroxyl groups is 1. The summed E-state index contributed by atoms with van der Waals surface area (Å²) in [5.74, 6) is 0.174. The minimum Gasteiger partial charge on any atom is -0.382 e. The second-order valence-electron chi connectivity index (χ2n) is 5.02. The summed E-state index contributed by atoms with van der Waals surface area (Å²) in [6.07, 6.45) is 7.21. The highest BCUT2D eigenvalue weighted by atomic mass is 16.6. The minimum absolute atomic E-state index is 0.174. The van der Waals surface area contributed by atoms with Crippen molar-refractivity contribution in [2.75, 3.05) is 0 Å². The summed E-state index contributed by atoms with van der Waals surface area (Å²) in [6.45, 7) is 0. The molecule has 0 saturated heterocycles. The smallest absolute Gasteiger partial charge is 0.241 e. The Kier molecular flexibility index (Phi) is 2.96. The van der Waals surface area contributed by atoms with Crippen LogP contribution in [-0.4, -0.2) is 21.7 Å². The van der Waals surface area contributed by atoms with Gasteiger partial charge in [-0.2, -0.15) is 0 Å². The maximum atomic E-state index is 11.0. The molecule has 4 nitrogen and oxygen atoms in total. The van der Waals surface area contributed by atoms with E-state index >= 15 is 0 Å². The summed E-state index contributed by atoms with van der Waals surface area (Å²) in [5, 5.41) is 21.5. The number of rotatable bonds is 2. The largest absolute Gasteiger partial charge is 0.382 e. The molecule has 2 atom stereocenters. The average Bonchev–Trinajstić information content (AvgIpc) is 2.71. The molecule has 15 heavy (non-hydrogen) atoms. The van der Waals surface area contributed by atoms with Crippen LogP contribution in [0.5, 0.6) is 0 Å². The van der Waals surface area contributed by atoms with Gasteiger partial charge in [0.25, 0.3) is 0 Å².